The molecule has 2 aliphatic heterocycles. The molecule has 0 aromatic rings. The van der Waals surface area contributed by atoms with Gasteiger partial charge in [0.05, 0.1) is 12.7 Å². The van der Waals surface area contributed by atoms with Crippen molar-refractivity contribution < 1.29 is 4.74 Å². The van der Waals surface area contributed by atoms with Crippen molar-refractivity contribution >= 4 is 0 Å². The molecule has 2 aliphatic rings. The minimum absolute atomic E-state index is 0.579. The van der Waals surface area contributed by atoms with Crippen molar-refractivity contribution in [1.29, 1.82) is 0 Å². The van der Waals surface area contributed by atoms with Gasteiger partial charge in [-0.15, -0.1) is 0 Å². The zero-order valence-electron chi connectivity index (χ0n) is 7.25. The molecule has 64 valence electrons. The largest absolute Gasteiger partial charge is 0.372 e. The zero-order chi connectivity index (χ0) is 7.68. The third-order valence-corrected chi connectivity index (χ3v) is 2.78. The Morgan fingerprint density at radius 3 is 2.91 bits per heavy atom. The second-order valence-corrected chi connectivity index (χ2v) is 3.80. The van der Waals surface area contributed by atoms with Gasteiger partial charge in [-0.2, -0.15) is 0 Å². The second kappa shape index (κ2) is 3.11. The third kappa shape index (κ3) is 1.94. The molecule has 0 saturated carbocycles. The van der Waals surface area contributed by atoms with Crippen LogP contribution in [0.4, 0.5) is 0 Å². The molecule has 2 fully saturated rings. The average Bonchev–Trinajstić information content (AvgIpc) is 2.78. The first-order chi connectivity index (χ1) is 5.36. The lowest BCUT2D eigenvalue weighted by molar-refractivity contribution is 0.147. The number of ether oxygens (including phenoxy) is 1. The van der Waals surface area contributed by atoms with Gasteiger partial charge in [-0.1, -0.05) is 6.42 Å². The minimum Gasteiger partial charge on any atom is -0.372 e. The molecule has 11 heavy (non-hydrogen) atoms. The summed E-state index contributed by atoms with van der Waals surface area (Å²) in [6.07, 6.45) is 4.77. The van der Waals surface area contributed by atoms with E-state index in [9.17, 15) is 0 Å². The van der Waals surface area contributed by atoms with Crippen molar-refractivity contribution in [3.05, 3.63) is 0 Å². The van der Waals surface area contributed by atoms with Crippen LogP contribution in [0.3, 0.4) is 0 Å². The van der Waals surface area contributed by atoms with E-state index in [2.05, 4.69) is 11.8 Å². The van der Waals surface area contributed by atoms with Gasteiger partial charge in [0.1, 0.15) is 0 Å². The standard InChI is InChI=1S/C9H17NO/c1-8-4-2-3-5-10(8)6-9-7-11-9/h8-9H,2-7H2,1H3/t8-,9-/m1/s1. The molecule has 0 amide bonds. The Labute approximate surface area is 68.5 Å². The molecule has 0 aromatic carbocycles. The van der Waals surface area contributed by atoms with Gasteiger partial charge in [0.25, 0.3) is 0 Å². The highest BCUT2D eigenvalue weighted by Gasteiger charge is 2.28. The highest BCUT2D eigenvalue weighted by molar-refractivity contribution is 4.80. The van der Waals surface area contributed by atoms with Crippen LogP contribution >= 0.6 is 0 Å². The van der Waals surface area contributed by atoms with Gasteiger partial charge in [0.15, 0.2) is 0 Å². The quantitative estimate of drug-likeness (QED) is 0.558. The summed E-state index contributed by atoms with van der Waals surface area (Å²) in [7, 11) is 0. The number of rotatable bonds is 2. The lowest BCUT2D eigenvalue weighted by Crippen LogP contribution is -2.39. The lowest BCUT2D eigenvalue weighted by Gasteiger charge is -2.32. The molecule has 2 heterocycles. The van der Waals surface area contributed by atoms with E-state index < -0.39 is 0 Å². The molecule has 0 N–H and O–H groups in total. The Morgan fingerprint density at radius 2 is 2.27 bits per heavy atom. The fraction of sp³-hybridized carbons (Fsp3) is 1.00. The summed E-state index contributed by atoms with van der Waals surface area (Å²) in [5.74, 6) is 0. The highest BCUT2D eigenvalue weighted by Crippen LogP contribution is 2.19. The molecular formula is C9H17NO. The molecule has 2 saturated heterocycles. The maximum absolute atomic E-state index is 5.22. The third-order valence-electron chi connectivity index (χ3n) is 2.78. The van der Waals surface area contributed by atoms with Gasteiger partial charge in [0, 0.05) is 12.6 Å². The Morgan fingerprint density at radius 1 is 1.45 bits per heavy atom. The first-order valence-corrected chi connectivity index (χ1v) is 4.72. The summed E-state index contributed by atoms with van der Waals surface area (Å²) in [5, 5.41) is 0. The van der Waals surface area contributed by atoms with E-state index in [4.69, 9.17) is 4.74 Å². The van der Waals surface area contributed by atoms with E-state index >= 15 is 0 Å². The van der Waals surface area contributed by atoms with Gasteiger partial charge in [-0.05, 0) is 26.3 Å². The highest BCUT2D eigenvalue weighted by atomic mass is 16.6. The molecule has 0 bridgehead atoms. The van der Waals surface area contributed by atoms with E-state index in [1.807, 2.05) is 0 Å². The smallest absolute Gasteiger partial charge is 0.0936 e. The number of epoxide rings is 1. The van der Waals surface area contributed by atoms with Gasteiger partial charge in [0.2, 0.25) is 0 Å². The van der Waals surface area contributed by atoms with Crippen LogP contribution in [0.1, 0.15) is 26.2 Å². The Hall–Kier alpha value is -0.0800. The van der Waals surface area contributed by atoms with Crippen molar-refractivity contribution in [2.75, 3.05) is 19.7 Å². The first kappa shape index (κ1) is 7.56. The van der Waals surface area contributed by atoms with Crippen molar-refractivity contribution in [2.45, 2.75) is 38.3 Å². The van der Waals surface area contributed by atoms with Crippen LogP contribution in [0.5, 0.6) is 0 Å². The summed E-state index contributed by atoms with van der Waals surface area (Å²) in [4.78, 5) is 2.57. The number of piperidine rings is 1. The predicted molar refractivity (Wildman–Crippen MR) is 44.6 cm³/mol. The Balaban J connectivity index is 1.78. The van der Waals surface area contributed by atoms with Crippen LogP contribution in [0.25, 0.3) is 0 Å². The molecule has 2 rings (SSSR count). The van der Waals surface area contributed by atoms with Gasteiger partial charge in [-0.3, -0.25) is 4.90 Å². The van der Waals surface area contributed by atoms with E-state index in [0.29, 0.717) is 6.10 Å². The summed E-state index contributed by atoms with van der Waals surface area (Å²) in [6, 6.07) is 0.799. The van der Waals surface area contributed by atoms with Crippen LogP contribution < -0.4 is 0 Å². The SMILES string of the molecule is C[C@@H]1CCCCN1C[C@@H]1CO1. The Kier molecular flexibility index (Phi) is 2.14. The van der Waals surface area contributed by atoms with Gasteiger partial charge in [-0.25, -0.2) is 0 Å². The number of hydrogen-bond acceptors (Lipinski definition) is 2. The zero-order valence-corrected chi connectivity index (χ0v) is 7.25. The summed E-state index contributed by atoms with van der Waals surface area (Å²) in [5.41, 5.74) is 0. The second-order valence-electron chi connectivity index (χ2n) is 3.80. The van der Waals surface area contributed by atoms with E-state index in [-0.39, 0.29) is 0 Å². The van der Waals surface area contributed by atoms with E-state index in [0.717, 1.165) is 12.6 Å². The van der Waals surface area contributed by atoms with Crippen LogP contribution in [0, 0.1) is 0 Å². The van der Waals surface area contributed by atoms with Gasteiger partial charge >= 0.3 is 0 Å². The molecule has 2 heteroatoms. The van der Waals surface area contributed by atoms with Crippen LogP contribution in [-0.2, 0) is 4.74 Å². The molecule has 0 unspecified atom stereocenters. The number of hydrogen-bond donors (Lipinski definition) is 0. The molecular weight excluding hydrogens is 138 g/mol. The average molecular weight is 155 g/mol. The van der Waals surface area contributed by atoms with E-state index in [1.165, 1.54) is 32.4 Å². The molecule has 0 spiro atoms. The fourth-order valence-electron chi connectivity index (χ4n) is 1.86. The lowest BCUT2D eigenvalue weighted by atomic mass is 10.0. The summed E-state index contributed by atoms with van der Waals surface area (Å²) >= 11 is 0. The maximum Gasteiger partial charge on any atom is 0.0936 e. The summed E-state index contributed by atoms with van der Waals surface area (Å²) < 4.78 is 5.22. The molecule has 0 aromatic heterocycles. The molecule has 2 atom stereocenters. The first-order valence-electron chi connectivity index (χ1n) is 4.72. The minimum atomic E-state index is 0.579. The molecule has 0 radical (unpaired) electrons. The molecule has 2 nitrogen and oxygen atoms in total. The normalized spacial score (nSPS) is 39.0. The Bertz CT molecular complexity index is 134. The van der Waals surface area contributed by atoms with Crippen LogP contribution in [0.2, 0.25) is 0 Å². The van der Waals surface area contributed by atoms with Crippen molar-refractivity contribution in [1.82, 2.24) is 4.90 Å². The number of likely N-dealkylation sites (tertiary alicyclic amines) is 1. The topological polar surface area (TPSA) is 15.8 Å². The maximum atomic E-state index is 5.22. The van der Waals surface area contributed by atoms with Gasteiger partial charge < -0.3 is 4.74 Å². The summed E-state index contributed by atoms with van der Waals surface area (Å²) in [6.45, 7) is 5.81. The van der Waals surface area contributed by atoms with Crippen LogP contribution in [0.15, 0.2) is 0 Å². The predicted octanol–water partition coefficient (Wildman–Crippen LogP) is 1.26. The number of nitrogens with zero attached hydrogens (tertiary/aromatic N) is 1. The fourth-order valence-corrected chi connectivity index (χ4v) is 1.86. The van der Waals surface area contributed by atoms with Crippen molar-refractivity contribution in [3.63, 3.8) is 0 Å². The van der Waals surface area contributed by atoms with E-state index in [1.54, 1.807) is 0 Å². The monoisotopic (exact) mass is 155 g/mol. The van der Waals surface area contributed by atoms with Crippen molar-refractivity contribution in [2.24, 2.45) is 0 Å². The van der Waals surface area contributed by atoms with Crippen molar-refractivity contribution in [3.8, 4) is 0 Å². The molecule has 0 aliphatic carbocycles. The van der Waals surface area contributed by atoms with Crippen LogP contribution in [-0.4, -0.2) is 36.7 Å².